The second kappa shape index (κ2) is 5.35. The number of nitrogens with zero attached hydrogens (tertiary/aromatic N) is 4. The summed E-state index contributed by atoms with van der Waals surface area (Å²) in [7, 11) is 0. The van der Waals surface area contributed by atoms with Crippen molar-refractivity contribution in [3.05, 3.63) is 42.2 Å². The lowest BCUT2D eigenvalue weighted by Crippen LogP contribution is -2.50. The Kier molecular flexibility index (Phi) is 3.39. The fourth-order valence-corrected chi connectivity index (χ4v) is 2.32. The second-order valence-electron chi connectivity index (χ2n) is 5.03. The molecule has 3 rings (SSSR count). The lowest BCUT2D eigenvalue weighted by molar-refractivity contribution is -0.139. The van der Waals surface area contributed by atoms with Gasteiger partial charge in [-0.1, -0.05) is 18.2 Å². The van der Waals surface area contributed by atoms with Crippen molar-refractivity contribution in [2.24, 2.45) is 5.92 Å². The van der Waals surface area contributed by atoms with E-state index >= 15 is 0 Å². The van der Waals surface area contributed by atoms with E-state index in [2.05, 4.69) is 10.2 Å². The molecule has 108 valence electrons. The van der Waals surface area contributed by atoms with Crippen LogP contribution in [0.5, 0.6) is 0 Å². The molecule has 1 aromatic heterocycles. The van der Waals surface area contributed by atoms with Gasteiger partial charge in [-0.05, 0) is 12.1 Å². The van der Waals surface area contributed by atoms with Gasteiger partial charge in [-0.25, -0.2) is 0 Å². The molecule has 1 fully saturated rings. The third kappa shape index (κ3) is 2.76. The third-order valence-electron chi connectivity index (χ3n) is 3.41. The molecule has 0 saturated carbocycles. The molecule has 0 bridgehead atoms. The van der Waals surface area contributed by atoms with E-state index in [1.807, 2.05) is 30.3 Å². The molecule has 21 heavy (non-hydrogen) atoms. The number of hydrogen-bond acceptors (Lipinski definition) is 4. The summed E-state index contributed by atoms with van der Waals surface area (Å²) < 4.78 is 0. The average molecular weight is 286 g/mol. The molecule has 2 aromatic rings. The molecule has 1 aliphatic rings. The highest BCUT2D eigenvalue weighted by molar-refractivity contribution is 5.92. The van der Waals surface area contributed by atoms with Crippen LogP contribution in [0.1, 0.15) is 16.9 Å². The summed E-state index contributed by atoms with van der Waals surface area (Å²) in [5.74, 6) is -1.00. The molecule has 1 N–H and O–H groups in total. The maximum absolute atomic E-state index is 12.2. The van der Waals surface area contributed by atoms with Crippen molar-refractivity contribution in [2.75, 3.05) is 13.1 Å². The lowest BCUT2D eigenvalue weighted by atomic mass is 9.96. The van der Waals surface area contributed by atoms with Gasteiger partial charge < -0.3 is 10.0 Å². The monoisotopic (exact) mass is 286 g/mol. The van der Waals surface area contributed by atoms with E-state index in [0.717, 1.165) is 5.69 Å². The van der Waals surface area contributed by atoms with Crippen molar-refractivity contribution in [1.29, 1.82) is 0 Å². The van der Waals surface area contributed by atoms with Crippen LogP contribution in [-0.4, -0.2) is 50.0 Å². The van der Waals surface area contributed by atoms with Gasteiger partial charge in [0.15, 0.2) is 5.69 Å². The Hall–Kier alpha value is -2.70. The predicted molar refractivity (Wildman–Crippen MR) is 73.0 cm³/mol. The first-order valence-corrected chi connectivity index (χ1v) is 6.62. The minimum absolute atomic E-state index is 0.0376. The number of benzene rings is 1. The number of carboxylic acids is 1. The van der Waals surface area contributed by atoms with Gasteiger partial charge in [-0.3, -0.25) is 9.59 Å². The van der Waals surface area contributed by atoms with Crippen LogP contribution in [0.4, 0.5) is 0 Å². The normalized spacial score (nSPS) is 14.8. The Morgan fingerprint density at radius 1 is 1.24 bits per heavy atom. The number of hydrogen-bond donors (Lipinski definition) is 1. The zero-order valence-corrected chi connectivity index (χ0v) is 11.2. The van der Waals surface area contributed by atoms with Crippen LogP contribution < -0.4 is 0 Å². The van der Waals surface area contributed by atoms with Gasteiger partial charge in [0.05, 0.1) is 18.3 Å². The maximum Gasteiger partial charge on any atom is 0.303 e. The van der Waals surface area contributed by atoms with Gasteiger partial charge in [0.2, 0.25) is 0 Å². The molecular weight excluding hydrogens is 272 g/mol. The second-order valence-corrected chi connectivity index (χ2v) is 5.03. The Balaban J connectivity index is 1.65. The number of carbonyl (C=O) groups is 2. The van der Waals surface area contributed by atoms with E-state index in [1.165, 1.54) is 11.0 Å². The topological polar surface area (TPSA) is 88.3 Å². The van der Waals surface area contributed by atoms with E-state index in [0.29, 0.717) is 13.1 Å². The van der Waals surface area contributed by atoms with Crippen LogP contribution in [0.3, 0.4) is 0 Å². The van der Waals surface area contributed by atoms with Crippen LogP contribution in [0.2, 0.25) is 0 Å². The SMILES string of the molecule is O=C(O)CC1CN(C(=O)c2cnn(-c3ccccc3)n2)C1. The Morgan fingerprint density at radius 2 is 1.95 bits per heavy atom. The summed E-state index contributed by atoms with van der Waals surface area (Å²) in [6, 6.07) is 9.32. The highest BCUT2D eigenvalue weighted by Crippen LogP contribution is 2.20. The first-order chi connectivity index (χ1) is 10.1. The fourth-order valence-electron chi connectivity index (χ4n) is 2.32. The van der Waals surface area contributed by atoms with E-state index in [1.54, 1.807) is 4.90 Å². The van der Waals surface area contributed by atoms with Crippen molar-refractivity contribution < 1.29 is 14.7 Å². The summed E-state index contributed by atoms with van der Waals surface area (Å²) in [5.41, 5.74) is 1.05. The molecular formula is C14H14N4O3. The van der Waals surface area contributed by atoms with Crippen LogP contribution in [0.25, 0.3) is 5.69 Å². The molecule has 7 nitrogen and oxygen atoms in total. The zero-order valence-electron chi connectivity index (χ0n) is 11.2. The van der Waals surface area contributed by atoms with Gasteiger partial charge in [-0.2, -0.15) is 9.90 Å². The number of para-hydroxylation sites is 1. The highest BCUT2D eigenvalue weighted by atomic mass is 16.4. The molecule has 0 radical (unpaired) electrons. The van der Waals surface area contributed by atoms with Crippen molar-refractivity contribution in [2.45, 2.75) is 6.42 Å². The largest absolute Gasteiger partial charge is 0.481 e. The number of rotatable bonds is 4. The summed E-state index contributed by atoms with van der Waals surface area (Å²) >= 11 is 0. The third-order valence-corrected chi connectivity index (χ3v) is 3.41. The Bertz CT molecular complexity index is 662. The lowest BCUT2D eigenvalue weighted by Gasteiger charge is -2.37. The zero-order chi connectivity index (χ0) is 14.8. The number of amides is 1. The number of likely N-dealkylation sites (tertiary alicyclic amines) is 1. The summed E-state index contributed by atoms with van der Waals surface area (Å²) in [4.78, 5) is 25.7. The predicted octanol–water partition coefficient (Wildman–Crippen LogP) is 0.814. The van der Waals surface area contributed by atoms with Gasteiger partial charge >= 0.3 is 5.97 Å². The molecule has 0 spiro atoms. The van der Waals surface area contributed by atoms with E-state index < -0.39 is 5.97 Å². The minimum Gasteiger partial charge on any atom is -0.481 e. The molecule has 1 saturated heterocycles. The summed E-state index contributed by atoms with van der Waals surface area (Å²) in [6.45, 7) is 0.923. The number of carbonyl (C=O) groups excluding carboxylic acids is 1. The average Bonchev–Trinajstić information content (AvgIpc) is 2.92. The number of aromatic nitrogens is 3. The van der Waals surface area contributed by atoms with Crippen LogP contribution >= 0.6 is 0 Å². The van der Waals surface area contributed by atoms with Crippen molar-refractivity contribution in [3.63, 3.8) is 0 Å². The Labute approximate surface area is 120 Å². The molecule has 0 aliphatic carbocycles. The molecule has 0 atom stereocenters. The van der Waals surface area contributed by atoms with E-state index in [9.17, 15) is 9.59 Å². The molecule has 1 amide bonds. The number of carboxylic acid groups (broad SMARTS) is 1. The summed E-state index contributed by atoms with van der Waals surface area (Å²) in [5, 5.41) is 16.9. The minimum atomic E-state index is -0.831. The van der Waals surface area contributed by atoms with Gasteiger partial charge in [0.1, 0.15) is 0 Å². The standard InChI is InChI=1S/C14H14N4O3/c19-13(20)6-10-8-17(9-10)14(21)12-7-15-18(16-12)11-4-2-1-3-5-11/h1-5,7,10H,6,8-9H2,(H,19,20). The van der Waals surface area contributed by atoms with Crippen molar-refractivity contribution in [1.82, 2.24) is 19.9 Å². The smallest absolute Gasteiger partial charge is 0.303 e. The highest BCUT2D eigenvalue weighted by Gasteiger charge is 2.33. The van der Waals surface area contributed by atoms with E-state index in [-0.39, 0.29) is 23.9 Å². The first kappa shape index (κ1) is 13.3. The molecule has 1 aromatic carbocycles. The van der Waals surface area contributed by atoms with Crippen LogP contribution in [-0.2, 0) is 4.79 Å². The molecule has 0 unspecified atom stereocenters. The quantitative estimate of drug-likeness (QED) is 0.898. The maximum atomic E-state index is 12.2. The van der Waals surface area contributed by atoms with Gasteiger partial charge in [0, 0.05) is 19.0 Å². The first-order valence-electron chi connectivity index (χ1n) is 6.62. The molecule has 2 heterocycles. The summed E-state index contributed by atoms with van der Waals surface area (Å²) in [6.07, 6.45) is 1.53. The van der Waals surface area contributed by atoms with E-state index in [4.69, 9.17) is 5.11 Å². The fraction of sp³-hybridized carbons (Fsp3) is 0.286. The van der Waals surface area contributed by atoms with Crippen LogP contribution in [0, 0.1) is 5.92 Å². The molecule has 7 heteroatoms. The van der Waals surface area contributed by atoms with Crippen LogP contribution in [0.15, 0.2) is 36.5 Å². The van der Waals surface area contributed by atoms with Crippen molar-refractivity contribution >= 4 is 11.9 Å². The molecule has 1 aliphatic heterocycles. The van der Waals surface area contributed by atoms with Gasteiger partial charge in [0.25, 0.3) is 5.91 Å². The number of aliphatic carboxylic acids is 1. The Morgan fingerprint density at radius 3 is 2.62 bits per heavy atom. The van der Waals surface area contributed by atoms with Gasteiger partial charge in [-0.15, -0.1) is 5.10 Å². The van der Waals surface area contributed by atoms with Crippen molar-refractivity contribution in [3.8, 4) is 5.69 Å².